The van der Waals surface area contributed by atoms with E-state index in [0.29, 0.717) is 12.6 Å². The van der Waals surface area contributed by atoms with Gasteiger partial charge >= 0.3 is 17.8 Å². The van der Waals surface area contributed by atoms with E-state index in [9.17, 15) is 23.5 Å². The molecular weight excluding hydrogens is 476 g/mol. The van der Waals surface area contributed by atoms with Gasteiger partial charge in [0.1, 0.15) is 11.5 Å². The topological polar surface area (TPSA) is 113 Å². The molecule has 0 bridgehead atoms. The number of rotatable bonds is 9. The van der Waals surface area contributed by atoms with Crippen LogP contribution in [0.15, 0.2) is 58.3 Å². The van der Waals surface area contributed by atoms with Crippen molar-refractivity contribution in [3.05, 3.63) is 75.2 Å². The molecule has 0 saturated heterocycles. The van der Waals surface area contributed by atoms with Crippen LogP contribution < -0.4 is 20.7 Å². The van der Waals surface area contributed by atoms with E-state index in [4.69, 9.17) is 4.74 Å². The summed E-state index contributed by atoms with van der Waals surface area (Å²) in [5, 5.41) is 9.66. The van der Waals surface area contributed by atoms with Crippen LogP contribution in [0.1, 0.15) is 26.0 Å². The predicted octanol–water partition coefficient (Wildman–Crippen LogP) is 2.89. The lowest BCUT2D eigenvalue weighted by Gasteiger charge is -2.14. The smallest absolute Gasteiger partial charge is 0.394 e. The molecule has 12 heteroatoms. The zero-order valence-electron chi connectivity index (χ0n) is 19.9. The van der Waals surface area contributed by atoms with Gasteiger partial charge in [-0.3, -0.25) is 23.5 Å². The fourth-order valence-electron chi connectivity index (χ4n) is 3.66. The van der Waals surface area contributed by atoms with Gasteiger partial charge in [0.25, 0.3) is 5.56 Å². The Bertz CT molecular complexity index is 1490. The lowest BCUT2D eigenvalue weighted by atomic mass is 10.3. The van der Waals surface area contributed by atoms with Crippen molar-refractivity contribution >= 4 is 11.2 Å². The highest BCUT2D eigenvalue weighted by Crippen LogP contribution is 2.29. The number of aliphatic hydroxyl groups excluding tert-OH is 1. The van der Waals surface area contributed by atoms with Crippen molar-refractivity contribution < 1.29 is 23.4 Å². The average molecular weight is 501 g/mol. The second-order valence-electron chi connectivity index (χ2n) is 8.40. The first-order chi connectivity index (χ1) is 17.0. The Morgan fingerprint density at radius 1 is 1.11 bits per heavy atom. The van der Waals surface area contributed by atoms with Gasteiger partial charge in [0.15, 0.2) is 11.2 Å². The van der Waals surface area contributed by atoms with E-state index >= 15 is 0 Å². The lowest BCUT2D eigenvalue weighted by molar-refractivity contribution is -0.159. The molecule has 0 aliphatic rings. The monoisotopic (exact) mass is 501 g/mol. The summed E-state index contributed by atoms with van der Waals surface area (Å²) < 4.78 is 40.9. The molecule has 36 heavy (non-hydrogen) atoms. The number of aromatic nitrogens is 5. The fraction of sp³-hybridized carbons (Fsp3) is 0.333. The maximum atomic E-state index is 13.4. The summed E-state index contributed by atoms with van der Waals surface area (Å²) in [7, 11) is 1.47. The number of nitrogens with zero attached hydrogens (tertiary/aromatic N) is 5. The van der Waals surface area contributed by atoms with Gasteiger partial charge in [-0.05, 0) is 37.6 Å². The highest BCUT2D eigenvalue weighted by Gasteiger charge is 2.25. The van der Waals surface area contributed by atoms with E-state index in [0.717, 1.165) is 4.57 Å². The Morgan fingerprint density at radius 2 is 1.86 bits per heavy atom. The number of imidazole rings is 1. The molecule has 190 valence electrons. The van der Waals surface area contributed by atoms with E-state index in [2.05, 4.69) is 14.7 Å². The minimum Gasteiger partial charge on any atom is -0.433 e. The molecule has 0 spiro atoms. The third-order valence-electron chi connectivity index (χ3n) is 5.33. The van der Waals surface area contributed by atoms with Gasteiger partial charge in [-0.2, -0.15) is 13.8 Å². The molecule has 0 saturated carbocycles. The third kappa shape index (κ3) is 5.43. The van der Waals surface area contributed by atoms with E-state index in [1.54, 1.807) is 31.3 Å². The van der Waals surface area contributed by atoms with Crippen LogP contribution in [-0.4, -0.2) is 41.0 Å². The van der Waals surface area contributed by atoms with Crippen LogP contribution >= 0.6 is 0 Å². The Kier molecular flexibility index (Phi) is 6.88. The number of hydrogen-bond acceptors (Lipinski definition) is 7. The first-order valence-corrected chi connectivity index (χ1v) is 11.2. The van der Waals surface area contributed by atoms with E-state index in [1.165, 1.54) is 40.4 Å². The summed E-state index contributed by atoms with van der Waals surface area (Å²) in [5.41, 5.74) is -0.432. The van der Waals surface area contributed by atoms with E-state index < -0.39 is 23.5 Å². The molecule has 0 aliphatic carbocycles. The summed E-state index contributed by atoms with van der Waals surface area (Å²) in [6, 6.07) is 10.8. The Labute approximate surface area is 204 Å². The number of fused-ring (bicyclic) bond motifs is 1. The van der Waals surface area contributed by atoms with Crippen molar-refractivity contribution in [2.75, 3.05) is 0 Å². The van der Waals surface area contributed by atoms with E-state index in [1.807, 2.05) is 0 Å². The molecule has 1 N–H and O–H groups in total. The van der Waals surface area contributed by atoms with Crippen molar-refractivity contribution in [3.8, 4) is 17.5 Å². The van der Waals surface area contributed by atoms with Crippen LogP contribution in [0.25, 0.3) is 11.2 Å². The number of hydrogen-bond donors (Lipinski definition) is 1. The minimum atomic E-state index is -3.39. The molecule has 0 radical (unpaired) electrons. The minimum absolute atomic E-state index is 0.00862. The number of aryl methyl sites for hydroxylation is 1. The Morgan fingerprint density at radius 3 is 2.53 bits per heavy atom. The van der Waals surface area contributed by atoms with E-state index in [-0.39, 0.29) is 48.2 Å². The highest BCUT2D eigenvalue weighted by atomic mass is 19.3. The zero-order valence-corrected chi connectivity index (χ0v) is 19.9. The van der Waals surface area contributed by atoms with Crippen molar-refractivity contribution in [1.82, 2.24) is 23.7 Å². The second kappa shape index (κ2) is 9.90. The van der Waals surface area contributed by atoms with Crippen LogP contribution in [0.4, 0.5) is 8.78 Å². The van der Waals surface area contributed by atoms with Gasteiger partial charge in [-0.1, -0.05) is 12.1 Å². The van der Waals surface area contributed by atoms with Crippen LogP contribution in [0.2, 0.25) is 0 Å². The van der Waals surface area contributed by atoms with Crippen LogP contribution in [0.5, 0.6) is 17.5 Å². The number of ether oxygens (including phenoxy) is 2. The number of alkyl halides is 2. The molecule has 10 nitrogen and oxygen atoms in total. The van der Waals surface area contributed by atoms with Crippen molar-refractivity contribution in [3.63, 3.8) is 0 Å². The second-order valence-corrected chi connectivity index (χ2v) is 8.40. The number of aliphatic hydroxyl groups is 1. The van der Waals surface area contributed by atoms with Crippen molar-refractivity contribution in [2.24, 2.45) is 7.05 Å². The largest absolute Gasteiger partial charge is 0.433 e. The van der Waals surface area contributed by atoms with Crippen LogP contribution in [0.3, 0.4) is 0 Å². The van der Waals surface area contributed by atoms with Gasteiger partial charge in [0.05, 0.1) is 18.3 Å². The van der Waals surface area contributed by atoms with Gasteiger partial charge in [0, 0.05) is 32.8 Å². The predicted molar refractivity (Wildman–Crippen MR) is 127 cm³/mol. The van der Waals surface area contributed by atoms with Gasteiger partial charge < -0.3 is 14.6 Å². The number of benzene rings is 1. The summed E-state index contributed by atoms with van der Waals surface area (Å²) in [6.45, 7) is 2.28. The molecule has 4 aromatic rings. The summed E-state index contributed by atoms with van der Waals surface area (Å²) in [4.78, 5) is 35.0. The molecule has 1 unspecified atom stereocenters. The molecule has 3 aromatic heterocycles. The first kappa shape index (κ1) is 25.0. The fourth-order valence-corrected chi connectivity index (χ4v) is 3.66. The number of halogens is 2. The summed E-state index contributed by atoms with van der Waals surface area (Å²) >= 11 is 0. The molecule has 4 rings (SSSR count). The molecule has 3 heterocycles. The first-order valence-electron chi connectivity index (χ1n) is 11.2. The maximum Gasteiger partial charge on any atom is 0.394 e. The van der Waals surface area contributed by atoms with Gasteiger partial charge in [0.2, 0.25) is 0 Å². The normalized spacial score (nSPS) is 12.6. The van der Waals surface area contributed by atoms with Gasteiger partial charge in [-0.15, -0.1) is 0 Å². The number of pyridine rings is 1. The summed E-state index contributed by atoms with van der Waals surface area (Å²) in [6.07, 6.45) is -2.30. The quantitative estimate of drug-likeness (QED) is 0.375. The Balaban J connectivity index is 1.86. The SMILES string of the molecule is CC(O)CCn1c(=O)c2c(nc(Oc3cccc(OC(C)(F)F)c3)n2Cc2ccccn2)n(C)c1=O. The van der Waals surface area contributed by atoms with Gasteiger partial charge in [-0.25, -0.2) is 4.79 Å². The molecular formula is C24H25F2N5O5. The van der Waals surface area contributed by atoms with Crippen LogP contribution in [-0.2, 0) is 20.1 Å². The third-order valence-corrected chi connectivity index (χ3v) is 5.33. The molecule has 0 aliphatic heterocycles. The maximum absolute atomic E-state index is 13.4. The molecule has 1 aromatic carbocycles. The Hall–Kier alpha value is -4.06. The van der Waals surface area contributed by atoms with Crippen molar-refractivity contribution in [1.29, 1.82) is 0 Å². The molecule has 0 amide bonds. The molecule has 1 atom stereocenters. The lowest BCUT2D eigenvalue weighted by Crippen LogP contribution is -2.40. The average Bonchev–Trinajstić information content (AvgIpc) is 3.15. The van der Waals surface area contributed by atoms with Crippen molar-refractivity contribution in [2.45, 2.75) is 45.6 Å². The highest BCUT2D eigenvalue weighted by molar-refractivity contribution is 5.72. The zero-order chi connectivity index (χ0) is 26.0. The molecule has 0 fully saturated rings. The summed E-state index contributed by atoms with van der Waals surface area (Å²) in [5.74, 6) is 0.00836. The van der Waals surface area contributed by atoms with Crippen LogP contribution in [0, 0.1) is 0 Å². The standard InChI is InChI=1S/C24H25F2N5O5/c1-15(32)10-12-30-21(33)19-20(29(3)23(30)34)28-22(31(19)14-16-7-4-5-11-27-16)35-17-8-6-9-18(13-17)36-24(2,25)26/h4-9,11,13,15,32H,10,12,14H2,1-3H3.